The summed E-state index contributed by atoms with van der Waals surface area (Å²) in [7, 11) is 0. The van der Waals surface area contributed by atoms with Crippen LogP contribution in [0.3, 0.4) is 0 Å². The quantitative estimate of drug-likeness (QED) is 0.729. The van der Waals surface area contributed by atoms with E-state index in [0.717, 1.165) is 5.56 Å². The van der Waals surface area contributed by atoms with Gasteiger partial charge in [0.25, 0.3) is 5.56 Å². The zero-order chi connectivity index (χ0) is 15.7. The van der Waals surface area contributed by atoms with Gasteiger partial charge in [-0.2, -0.15) is 0 Å². The molecule has 0 aliphatic carbocycles. The van der Waals surface area contributed by atoms with Crippen LogP contribution in [0.5, 0.6) is 5.75 Å². The number of pyridine rings is 1. The fourth-order valence-corrected chi connectivity index (χ4v) is 2.41. The lowest BCUT2D eigenvalue weighted by atomic mass is 10.3. The van der Waals surface area contributed by atoms with E-state index in [4.69, 9.17) is 27.9 Å². The highest BCUT2D eigenvalue weighted by Gasteiger charge is 2.06. The van der Waals surface area contributed by atoms with Crippen LogP contribution in [-0.4, -0.2) is 9.38 Å². The van der Waals surface area contributed by atoms with Crippen molar-refractivity contribution in [1.29, 1.82) is 0 Å². The molecule has 4 nitrogen and oxygen atoms in total. The Balaban J connectivity index is 1.90. The molecular formula is C16H12Cl2N2O2. The summed E-state index contributed by atoms with van der Waals surface area (Å²) in [5, 5.41) is 0.985. The molecule has 3 rings (SSSR count). The molecule has 0 saturated heterocycles. The predicted molar refractivity (Wildman–Crippen MR) is 87.0 cm³/mol. The Labute approximate surface area is 136 Å². The van der Waals surface area contributed by atoms with Crippen molar-refractivity contribution >= 4 is 28.8 Å². The monoisotopic (exact) mass is 334 g/mol. The number of nitrogens with zero attached hydrogens (tertiary/aromatic N) is 2. The molecule has 1 aromatic carbocycles. The van der Waals surface area contributed by atoms with Gasteiger partial charge in [-0.3, -0.25) is 9.20 Å². The van der Waals surface area contributed by atoms with Crippen LogP contribution in [-0.2, 0) is 6.61 Å². The van der Waals surface area contributed by atoms with Gasteiger partial charge in [0.1, 0.15) is 18.0 Å². The molecule has 2 aromatic heterocycles. The molecule has 0 amide bonds. The second kappa shape index (κ2) is 5.99. The van der Waals surface area contributed by atoms with Crippen molar-refractivity contribution < 1.29 is 4.74 Å². The first-order chi connectivity index (χ1) is 10.5. The molecule has 0 aliphatic heterocycles. The highest BCUT2D eigenvalue weighted by atomic mass is 35.5. The topological polar surface area (TPSA) is 43.6 Å². The number of ether oxygens (including phenoxy) is 1. The average molecular weight is 335 g/mol. The van der Waals surface area contributed by atoms with Crippen LogP contribution in [0.4, 0.5) is 0 Å². The van der Waals surface area contributed by atoms with Gasteiger partial charge in [-0.05, 0) is 30.7 Å². The number of fused-ring (bicyclic) bond motifs is 1. The van der Waals surface area contributed by atoms with Crippen molar-refractivity contribution in [2.75, 3.05) is 0 Å². The number of hydrogen-bond acceptors (Lipinski definition) is 3. The summed E-state index contributed by atoms with van der Waals surface area (Å²) in [4.78, 5) is 16.5. The van der Waals surface area contributed by atoms with E-state index in [0.29, 0.717) is 27.1 Å². The maximum absolute atomic E-state index is 12.1. The zero-order valence-electron chi connectivity index (χ0n) is 11.7. The Kier molecular flexibility index (Phi) is 4.05. The molecule has 0 bridgehead atoms. The van der Waals surface area contributed by atoms with Crippen molar-refractivity contribution in [2.45, 2.75) is 13.5 Å². The summed E-state index contributed by atoms with van der Waals surface area (Å²) >= 11 is 11.9. The molecule has 0 saturated carbocycles. The molecule has 0 aliphatic rings. The van der Waals surface area contributed by atoms with Crippen LogP contribution in [0.25, 0.3) is 5.65 Å². The second-order valence-electron chi connectivity index (χ2n) is 4.88. The first-order valence-corrected chi connectivity index (χ1v) is 7.35. The van der Waals surface area contributed by atoms with Gasteiger partial charge in [-0.25, -0.2) is 4.98 Å². The highest BCUT2D eigenvalue weighted by molar-refractivity contribution is 6.34. The summed E-state index contributed by atoms with van der Waals surface area (Å²) in [6, 6.07) is 10.1. The number of rotatable bonds is 3. The van der Waals surface area contributed by atoms with Crippen molar-refractivity contribution in [1.82, 2.24) is 9.38 Å². The van der Waals surface area contributed by atoms with Crippen LogP contribution >= 0.6 is 23.2 Å². The standard InChI is InChI=1S/C16H12Cl2N2O2/c1-10-2-5-15-19-12(7-16(21)20(15)8-10)9-22-14-6-11(17)3-4-13(14)18/h2-8H,9H2,1H3. The Bertz CT molecular complexity index is 906. The molecule has 3 aromatic rings. The number of aromatic nitrogens is 2. The molecule has 22 heavy (non-hydrogen) atoms. The molecule has 6 heteroatoms. The van der Waals surface area contributed by atoms with E-state index in [1.807, 2.05) is 13.0 Å². The molecule has 0 atom stereocenters. The normalized spacial score (nSPS) is 10.9. The van der Waals surface area contributed by atoms with E-state index >= 15 is 0 Å². The molecule has 0 fully saturated rings. The lowest BCUT2D eigenvalue weighted by Gasteiger charge is -2.09. The fourth-order valence-electron chi connectivity index (χ4n) is 2.07. The van der Waals surface area contributed by atoms with E-state index in [1.165, 1.54) is 10.5 Å². The predicted octanol–water partition coefficient (Wildman–Crippen LogP) is 3.89. The third-order valence-electron chi connectivity index (χ3n) is 3.13. The van der Waals surface area contributed by atoms with Gasteiger partial charge in [-0.15, -0.1) is 0 Å². The first kappa shape index (κ1) is 14.9. The fraction of sp³-hybridized carbons (Fsp3) is 0.125. The van der Waals surface area contributed by atoms with Crippen LogP contribution in [0.15, 0.2) is 47.4 Å². The van der Waals surface area contributed by atoms with Gasteiger partial charge in [0.15, 0.2) is 0 Å². The molecular weight excluding hydrogens is 323 g/mol. The van der Waals surface area contributed by atoms with Gasteiger partial charge in [0, 0.05) is 23.4 Å². The smallest absolute Gasteiger partial charge is 0.258 e. The largest absolute Gasteiger partial charge is 0.486 e. The summed E-state index contributed by atoms with van der Waals surface area (Å²) in [6.45, 7) is 2.06. The Morgan fingerprint density at radius 2 is 2.00 bits per heavy atom. The summed E-state index contributed by atoms with van der Waals surface area (Å²) < 4.78 is 7.11. The van der Waals surface area contributed by atoms with Crippen LogP contribution in [0.2, 0.25) is 10.0 Å². The highest BCUT2D eigenvalue weighted by Crippen LogP contribution is 2.28. The van der Waals surface area contributed by atoms with E-state index in [9.17, 15) is 4.79 Å². The van der Waals surface area contributed by atoms with Crippen LogP contribution in [0, 0.1) is 6.92 Å². The van der Waals surface area contributed by atoms with Gasteiger partial charge < -0.3 is 4.74 Å². The summed E-state index contributed by atoms with van der Waals surface area (Å²) in [5.41, 5.74) is 1.95. The molecule has 0 unspecified atom stereocenters. The minimum Gasteiger partial charge on any atom is -0.486 e. The van der Waals surface area contributed by atoms with E-state index in [-0.39, 0.29) is 12.2 Å². The number of halogens is 2. The first-order valence-electron chi connectivity index (χ1n) is 6.60. The molecule has 2 heterocycles. The van der Waals surface area contributed by atoms with E-state index in [2.05, 4.69) is 4.98 Å². The van der Waals surface area contributed by atoms with Crippen molar-refractivity contribution in [3.63, 3.8) is 0 Å². The Hall–Kier alpha value is -2.04. The maximum Gasteiger partial charge on any atom is 0.258 e. The Morgan fingerprint density at radius 1 is 1.18 bits per heavy atom. The van der Waals surface area contributed by atoms with Gasteiger partial charge in [0.05, 0.1) is 10.7 Å². The van der Waals surface area contributed by atoms with Gasteiger partial charge in [0.2, 0.25) is 0 Å². The van der Waals surface area contributed by atoms with Crippen LogP contribution in [0.1, 0.15) is 11.3 Å². The maximum atomic E-state index is 12.1. The van der Waals surface area contributed by atoms with Gasteiger partial charge >= 0.3 is 0 Å². The minimum absolute atomic E-state index is 0.139. The number of hydrogen-bond donors (Lipinski definition) is 0. The summed E-state index contributed by atoms with van der Waals surface area (Å²) in [5.74, 6) is 0.458. The SMILES string of the molecule is Cc1ccc2nc(COc3cc(Cl)ccc3Cl)cc(=O)n2c1. The molecule has 0 radical (unpaired) electrons. The minimum atomic E-state index is -0.149. The molecule has 0 spiro atoms. The van der Waals surface area contributed by atoms with E-state index in [1.54, 1.807) is 30.5 Å². The van der Waals surface area contributed by atoms with E-state index < -0.39 is 0 Å². The molecule has 112 valence electrons. The third-order valence-corrected chi connectivity index (χ3v) is 3.68. The van der Waals surface area contributed by atoms with Gasteiger partial charge in [-0.1, -0.05) is 29.3 Å². The van der Waals surface area contributed by atoms with Crippen LogP contribution < -0.4 is 10.3 Å². The number of benzene rings is 1. The lowest BCUT2D eigenvalue weighted by molar-refractivity contribution is 0.301. The number of aryl methyl sites for hydroxylation is 1. The zero-order valence-corrected chi connectivity index (χ0v) is 13.2. The third kappa shape index (κ3) is 3.08. The second-order valence-corrected chi connectivity index (χ2v) is 5.73. The van der Waals surface area contributed by atoms with Crippen molar-refractivity contribution in [3.05, 3.63) is 74.3 Å². The summed E-state index contributed by atoms with van der Waals surface area (Å²) in [6.07, 6.45) is 1.75. The molecule has 0 N–H and O–H groups in total. The lowest BCUT2D eigenvalue weighted by Crippen LogP contribution is -2.16. The average Bonchev–Trinajstić information content (AvgIpc) is 2.49. The van der Waals surface area contributed by atoms with Crippen molar-refractivity contribution in [2.24, 2.45) is 0 Å². The Morgan fingerprint density at radius 3 is 2.82 bits per heavy atom. The van der Waals surface area contributed by atoms with Crippen molar-refractivity contribution in [3.8, 4) is 5.75 Å².